The summed E-state index contributed by atoms with van der Waals surface area (Å²) in [6.07, 6.45) is 0. The van der Waals surface area contributed by atoms with Gasteiger partial charge in [0.15, 0.2) is 0 Å². The predicted octanol–water partition coefficient (Wildman–Crippen LogP) is 3.77. The van der Waals surface area contributed by atoms with Crippen molar-refractivity contribution in [3.05, 3.63) is 77.9 Å². The van der Waals surface area contributed by atoms with Gasteiger partial charge in [-0.1, -0.05) is 0 Å². The van der Waals surface area contributed by atoms with Crippen LogP contribution >= 0.6 is 0 Å². The van der Waals surface area contributed by atoms with Gasteiger partial charge < -0.3 is 19.3 Å². The van der Waals surface area contributed by atoms with Gasteiger partial charge in [0.1, 0.15) is 23.1 Å². The topological polar surface area (TPSA) is 79.4 Å². The normalized spacial score (nSPS) is 13.9. The Bertz CT molecular complexity index is 1390. The van der Waals surface area contributed by atoms with Crippen LogP contribution in [-0.4, -0.2) is 66.7 Å². The van der Waals surface area contributed by atoms with Gasteiger partial charge >= 0.3 is 0 Å². The van der Waals surface area contributed by atoms with E-state index in [0.29, 0.717) is 42.0 Å². The number of amides is 1. The molecule has 1 aliphatic rings. The molecule has 0 bridgehead atoms. The van der Waals surface area contributed by atoms with E-state index in [4.69, 9.17) is 9.47 Å². The number of nitrogens with zero attached hydrogens (tertiary/aromatic N) is 3. The van der Waals surface area contributed by atoms with Gasteiger partial charge in [0.25, 0.3) is 15.9 Å². The van der Waals surface area contributed by atoms with E-state index in [-0.39, 0.29) is 23.5 Å². The van der Waals surface area contributed by atoms with Gasteiger partial charge in [-0.15, -0.1) is 0 Å². The van der Waals surface area contributed by atoms with E-state index in [1.54, 1.807) is 36.4 Å². The molecule has 11 heteroatoms. The van der Waals surface area contributed by atoms with E-state index in [1.807, 2.05) is 4.90 Å². The van der Waals surface area contributed by atoms with Gasteiger partial charge in [-0.05, 0) is 54.6 Å². The van der Waals surface area contributed by atoms with E-state index in [1.165, 1.54) is 36.5 Å². The highest BCUT2D eigenvalue weighted by Crippen LogP contribution is 2.34. The summed E-state index contributed by atoms with van der Waals surface area (Å²) in [6, 6.07) is 14.2. The molecule has 3 aromatic rings. The van der Waals surface area contributed by atoms with E-state index in [9.17, 15) is 22.0 Å². The standard InChI is InChI=1S/C26H27F2N3O5S/c1-29(19-5-7-20(35-2)8-6-19)37(33,34)21-9-11-25(36-3)24(17-21)30-12-14-31(15-13-30)26(32)22-10-4-18(27)16-23(22)28/h4-11,16-17H,12-15H2,1-3H3. The van der Waals surface area contributed by atoms with Gasteiger partial charge in [0.2, 0.25) is 0 Å². The lowest BCUT2D eigenvalue weighted by atomic mass is 10.1. The Balaban J connectivity index is 1.54. The number of carbonyl (C=O) groups is 1. The molecular formula is C26H27F2N3O5S. The Morgan fingerprint density at radius 3 is 2.16 bits per heavy atom. The molecule has 0 aromatic heterocycles. The van der Waals surface area contributed by atoms with Crippen LogP contribution in [-0.2, 0) is 10.0 Å². The molecule has 3 aromatic carbocycles. The summed E-state index contributed by atoms with van der Waals surface area (Å²) in [7, 11) is 0.606. The van der Waals surface area contributed by atoms with Crippen LogP contribution in [0.25, 0.3) is 0 Å². The molecule has 37 heavy (non-hydrogen) atoms. The number of methoxy groups -OCH3 is 2. The minimum absolute atomic E-state index is 0.0773. The third kappa shape index (κ3) is 5.31. The molecule has 0 unspecified atom stereocenters. The van der Waals surface area contributed by atoms with Crippen LogP contribution in [0, 0.1) is 11.6 Å². The summed E-state index contributed by atoms with van der Waals surface area (Å²) in [5, 5.41) is 0. The molecule has 196 valence electrons. The van der Waals surface area contributed by atoms with Crippen molar-refractivity contribution >= 4 is 27.3 Å². The molecule has 0 spiro atoms. The van der Waals surface area contributed by atoms with Crippen molar-refractivity contribution in [1.29, 1.82) is 0 Å². The molecule has 0 atom stereocenters. The molecule has 1 saturated heterocycles. The Morgan fingerprint density at radius 2 is 1.57 bits per heavy atom. The van der Waals surface area contributed by atoms with Crippen molar-refractivity contribution in [3.8, 4) is 11.5 Å². The van der Waals surface area contributed by atoms with Gasteiger partial charge in [0.05, 0.1) is 36.1 Å². The second-order valence-electron chi connectivity index (χ2n) is 8.41. The van der Waals surface area contributed by atoms with E-state index < -0.39 is 27.6 Å². The highest BCUT2D eigenvalue weighted by molar-refractivity contribution is 7.92. The van der Waals surface area contributed by atoms with E-state index >= 15 is 0 Å². The first-order chi connectivity index (χ1) is 17.6. The molecule has 0 saturated carbocycles. The van der Waals surface area contributed by atoms with Crippen molar-refractivity contribution in [2.45, 2.75) is 4.90 Å². The second kappa shape index (κ2) is 10.6. The Labute approximate surface area is 214 Å². The fraction of sp³-hybridized carbons (Fsp3) is 0.269. The second-order valence-corrected chi connectivity index (χ2v) is 10.4. The summed E-state index contributed by atoms with van der Waals surface area (Å²) in [5.74, 6) is -1.09. The minimum Gasteiger partial charge on any atom is -0.497 e. The number of anilines is 2. The third-order valence-corrected chi connectivity index (χ3v) is 8.10. The number of hydrogen-bond donors (Lipinski definition) is 0. The average Bonchev–Trinajstić information content (AvgIpc) is 2.92. The van der Waals surface area contributed by atoms with Gasteiger partial charge in [-0.25, -0.2) is 17.2 Å². The maximum Gasteiger partial charge on any atom is 0.264 e. The fourth-order valence-electron chi connectivity index (χ4n) is 4.15. The minimum atomic E-state index is -3.89. The van der Waals surface area contributed by atoms with E-state index in [2.05, 4.69) is 0 Å². The molecule has 1 heterocycles. The number of ether oxygens (including phenoxy) is 2. The molecule has 0 radical (unpaired) electrons. The lowest BCUT2D eigenvalue weighted by Crippen LogP contribution is -2.49. The molecule has 0 aliphatic carbocycles. The van der Waals surface area contributed by atoms with Crippen LogP contribution in [0.5, 0.6) is 11.5 Å². The fourth-order valence-corrected chi connectivity index (χ4v) is 5.37. The van der Waals surface area contributed by atoms with Crippen LogP contribution in [0.3, 0.4) is 0 Å². The van der Waals surface area contributed by atoms with Crippen LogP contribution in [0.4, 0.5) is 20.2 Å². The number of rotatable bonds is 7. The zero-order valence-corrected chi connectivity index (χ0v) is 21.5. The number of halogens is 2. The largest absolute Gasteiger partial charge is 0.497 e. The number of benzene rings is 3. The van der Waals surface area contributed by atoms with Crippen LogP contribution in [0.1, 0.15) is 10.4 Å². The monoisotopic (exact) mass is 531 g/mol. The smallest absolute Gasteiger partial charge is 0.264 e. The van der Waals surface area contributed by atoms with Crippen molar-refractivity contribution in [2.24, 2.45) is 0 Å². The zero-order chi connectivity index (χ0) is 26.7. The lowest BCUT2D eigenvalue weighted by Gasteiger charge is -2.37. The Kier molecular flexibility index (Phi) is 7.53. The van der Waals surface area contributed by atoms with Crippen LogP contribution < -0.4 is 18.7 Å². The van der Waals surface area contributed by atoms with Crippen molar-refractivity contribution in [3.63, 3.8) is 0 Å². The molecule has 4 rings (SSSR count). The quantitative estimate of drug-likeness (QED) is 0.462. The summed E-state index contributed by atoms with van der Waals surface area (Å²) in [6.45, 7) is 1.26. The number of piperazine rings is 1. The highest BCUT2D eigenvalue weighted by atomic mass is 32.2. The molecule has 0 N–H and O–H groups in total. The van der Waals surface area contributed by atoms with E-state index in [0.717, 1.165) is 12.1 Å². The van der Waals surface area contributed by atoms with Crippen molar-refractivity contribution in [2.75, 3.05) is 56.7 Å². The van der Waals surface area contributed by atoms with Crippen molar-refractivity contribution in [1.82, 2.24) is 4.90 Å². The van der Waals surface area contributed by atoms with Gasteiger partial charge in [0, 0.05) is 39.3 Å². The maximum atomic E-state index is 14.1. The predicted molar refractivity (Wildman–Crippen MR) is 136 cm³/mol. The Morgan fingerprint density at radius 1 is 0.892 bits per heavy atom. The Hall–Kier alpha value is -3.86. The summed E-state index contributed by atoms with van der Waals surface area (Å²) in [5.41, 5.74) is 0.840. The third-order valence-electron chi connectivity index (χ3n) is 6.31. The maximum absolute atomic E-state index is 14.1. The summed E-state index contributed by atoms with van der Waals surface area (Å²) in [4.78, 5) is 16.2. The summed E-state index contributed by atoms with van der Waals surface area (Å²) >= 11 is 0. The SMILES string of the molecule is COc1ccc(N(C)S(=O)(=O)c2ccc(OC)c(N3CCN(C(=O)c4ccc(F)cc4F)CC3)c2)cc1. The van der Waals surface area contributed by atoms with Crippen LogP contribution in [0.2, 0.25) is 0 Å². The highest BCUT2D eigenvalue weighted by Gasteiger charge is 2.28. The first kappa shape index (κ1) is 26.2. The first-order valence-electron chi connectivity index (χ1n) is 11.5. The lowest BCUT2D eigenvalue weighted by molar-refractivity contribution is 0.0742. The van der Waals surface area contributed by atoms with Crippen LogP contribution in [0.15, 0.2) is 65.6 Å². The van der Waals surface area contributed by atoms with Crippen molar-refractivity contribution < 1.29 is 31.5 Å². The summed E-state index contributed by atoms with van der Waals surface area (Å²) < 4.78 is 65.9. The molecule has 1 amide bonds. The molecule has 1 fully saturated rings. The molecular weight excluding hydrogens is 504 g/mol. The first-order valence-corrected chi connectivity index (χ1v) is 12.9. The number of sulfonamides is 1. The molecule has 8 nitrogen and oxygen atoms in total. The zero-order valence-electron chi connectivity index (χ0n) is 20.6. The molecule has 1 aliphatic heterocycles. The number of carbonyl (C=O) groups excluding carboxylic acids is 1. The average molecular weight is 532 g/mol. The number of hydrogen-bond acceptors (Lipinski definition) is 6. The van der Waals surface area contributed by atoms with Gasteiger partial charge in [-0.2, -0.15) is 0 Å². The van der Waals surface area contributed by atoms with Gasteiger partial charge in [-0.3, -0.25) is 9.10 Å².